The van der Waals surface area contributed by atoms with Crippen LogP contribution in [0.3, 0.4) is 0 Å². The maximum absolute atomic E-state index is 9.86. The number of aliphatic hydroxyl groups is 1. The molecule has 106 valence electrons. The number of ether oxygens (including phenoxy) is 1. The first kappa shape index (κ1) is 15.2. The van der Waals surface area contributed by atoms with Gasteiger partial charge in [0.2, 0.25) is 0 Å². The van der Waals surface area contributed by atoms with Crippen LogP contribution in [-0.2, 0) is 5.75 Å². The minimum absolute atomic E-state index is 0.279. The smallest absolute Gasteiger partial charge is 0.119 e. The predicted molar refractivity (Wildman–Crippen MR) is 83.4 cm³/mol. The lowest BCUT2D eigenvalue weighted by Gasteiger charge is -2.12. The van der Waals surface area contributed by atoms with E-state index in [9.17, 15) is 5.11 Å². The molecule has 0 saturated heterocycles. The molecule has 0 aliphatic carbocycles. The Hall–Kier alpha value is -1.23. The number of thioether (sulfide) groups is 1. The topological polar surface area (TPSA) is 42.4 Å². The molecule has 3 nitrogen and oxygen atoms in total. The third-order valence-corrected chi connectivity index (χ3v) is 3.97. The molecule has 2 aromatic rings. The third kappa shape index (κ3) is 5.41. The molecule has 1 aromatic carbocycles. The van der Waals surface area contributed by atoms with Crippen molar-refractivity contribution in [2.45, 2.75) is 11.9 Å². The molecule has 0 aliphatic rings. The van der Waals surface area contributed by atoms with Gasteiger partial charge in [0.05, 0.1) is 6.10 Å². The van der Waals surface area contributed by atoms with Crippen LogP contribution in [0.1, 0.15) is 5.56 Å². The van der Waals surface area contributed by atoms with Gasteiger partial charge >= 0.3 is 0 Å². The van der Waals surface area contributed by atoms with Crippen LogP contribution < -0.4 is 4.74 Å². The minimum Gasteiger partial charge on any atom is -0.491 e. The van der Waals surface area contributed by atoms with Gasteiger partial charge < -0.3 is 9.84 Å². The van der Waals surface area contributed by atoms with Gasteiger partial charge in [0.15, 0.2) is 0 Å². The Labute approximate surface area is 128 Å². The summed E-state index contributed by atoms with van der Waals surface area (Å²) in [7, 11) is 0. The molecule has 0 fully saturated rings. The average Bonchev–Trinajstić information content (AvgIpc) is 2.48. The molecule has 0 bridgehead atoms. The van der Waals surface area contributed by atoms with E-state index in [-0.39, 0.29) is 6.61 Å². The third-order valence-electron chi connectivity index (χ3n) is 2.56. The highest BCUT2D eigenvalue weighted by Gasteiger charge is 2.06. The first-order chi connectivity index (χ1) is 9.74. The summed E-state index contributed by atoms with van der Waals surface area (Å²) in [5.41, 5.74) is 1.16. The molecule has 0 spiro atoms. The lowest BCUT2D eigenvalue weighted by atomic mass is 10.3. The molecule has 0 amide bonds. The van der Waals surface area contributed by atoms with Crippen molar-refractivity contribution >= 4 is 23.4 Å². The van der Waals surface area contributed by atoms with E-state index >= 15 is 0 Å². The molecular formula is C15H16ClNO2S. The molecule has 0 saturated carbocycles. The van der Waals surface area contributed by atoms with Gasteiger partial charge in [-0.15, -0.1) is 0 Å². The summed E-state index contributed by atoms with van der Waals surface area (Å²) in [6.45, 7) is 0.279. The molecule has 5 heteroatoms. The maximum Gasteiger partial charge on any atom is 0.119 e. The van der Waals surface area contributed by atoms with E-state index in [1.165, 1.54) is 0 Å². The van der Waals surface area contributed by atoms with E-state index in [1.807, 2.05) is 18.3 Å². The number of hydrogen-bond donors (Lipinski definition) is 1. The van der Waals surface area contributed by atoms with Gasteiger partial charge in [0, 0.05) is 28.9 Å². The number of hydrogen-bond acceptors (Lipinski definition) is 4. The summed E-state index contributed by atoms with van der Waals surface area (Å²) in [4.78, 5) is 4.05. The highest BCUT2D eigenvalue weighted by atomic mass is 35.5. The van der Waals surface area contributed by atoms with Crippen molar-refractivity contribution < 1.29 is 9.84 Å². The monoisotopic (exact) mass is 309 g/mol. The van der Waals surface area contributed by atoms with Crippen LogP contribution >= 0.6 is 23.4 Å². The van der Waals surface area contributed by atoms with Crippen molar-refractivity contribution in [1.82, 2.24) is 4.98 Å². The van der Waals surface area contributed by atoms with Crippen LogP contribution in [0.4, 0.5) is 0 Å². The van der Waals surface area contributed by atoms with E-state index in [4.69, 9.17) is 16.3 Å². The van der Waals surface area contributed by atoms with Crippen LogP contribution in [0.2, 0.25) is 5.02 Å². The summed E-state index contributed by atoms with van der Waals surface area (Å²) >= 11 is 7.45. The number of halogens is 1. The summed E-state index contributed by atoms with van der Waals surface area (Å²) in [6, 6.07) is 11.0. The van der Waals surface area contributed by atoms with Crippen molar-refractivity contribution in [2.75, 3.05) is 12.4 Å². The van der Waals surface area contributed by atoms with Crippen molar-refractivity contribution in [3.05, 3.63) is 59.4 Å². The van der Waals surface area contributed by atoms with Crippen molar-refractivity contribution in [3.8, 4) is 5.75 Å². The Bertz CT molecular complexity index is 507. The van der Waals surface area contributed by atoms with E-state index in [0.29, 0.717) is 16.5 Å². The quantitative estimate of drug-likeness (QED) is 0.851. The van der Waals surface area contributed by atoms with Gasteiger partial charge in [-0.1, -0.05) is 17.7 Å². The number of benzene rings is 1. The van der Waals surface area contributed by atoms with Crippen LogP contribution in [0.5, 0.6) is 5.75 Å². The molecule has 0 radical (unpaired) electrons. The number of aromatic nitrogens is 1. The first-order valence-corrected chi connectivity index (χ1v) is 7.80. The summed E-state index contributed by atoms with van der Waals surface area (Å²) in [6.07, 6.45) is 3.10. The summed E-state index contributed by atoms with van der Waals surface area (Å²) < 4.78 is 5.49. The Morgan fingerprint density at radius 2 is 2.05 bits per heavy atom. The zero-order valence-electron chi connectivity index (χ0n) is 10.9. The van der Waals surface area contributed by atoms with Crippen molar-refractivity contribution in [1.29, 1.82) is 0 Å². The second kappa shape index (κ2) is 8.15. The summed E-state index contributed by atoms with van der Waals surface area (Å²) in [5, 5.41) is 10.5. The highest BCUT2D eigenvalue weighted by molar-refractivity contribution is 7.98. The lowest BCUT2D eigenvalue weighted by Crippen LogP contribution is -2.20. The number of aliphatic hydroxyl groups excluding tert-OH is 1. The van der Waals surface area contributed by atoms with Crippen LogP contribution in [-0.4, -0.2) is 28.6 Å². The standard InChI is InChI=1S/C15H16ClNO2S/c16-13-3-5-15(6-4-13)19-9-14(18)11-20-10-12-2-1-7-17-8-12/h1-8,14,18H,9-11H2/t14-/m0/s1. The molecule has 20 heavy (non-hydrogen) atoms. The average molecular weight is 310 g/mol. The fourth-order valence-electron chi connectivity index (χ4n) is 1.57. The second-order valence-corrected chi connectivity index (χ2v) is 5.76. The molecular weight excluding hydrogens is 294 g/mol. The maximum atomic E-state index is 9.86. The molecule has 1 N–H and O–H groups in total. The van der Waals surface area contributed by atoms with E-state index in [0.717, 1.165) is 11.3 Å². The molecule has 2 rings (SSSR count). The number of pyridine rings is 1. The van der Waals surface area contributed by atoms with Crippen LogP contribution in [0.25, 0.3) is 0 Å². The van der Waals surface area contributed by atoms with Gasteiger partial charge in [-0.25, -0.2) is 0 Å². The predicted octanol–water partition coefficient (Wildman–Crippen LogP) is 3.41. The van der Waals surface area contributed by atoms with Crippen LogP contribution in [0, 0.1) is 0 Å². The van der Waals surface area contributed by atoms with E-state index < -0.39 is 6.10 Å². The van der Waals surface area contributed by atoms with Gasteiger partial charge in [-0.3, -0.25) is 4.98 Å². The molecule has 0 unspecified atom stereocenters. The SMILES string of the molecule is O[C@@H](COc1ccc(Cl)cc1)CSCc1cccnc1. The van der Waals surface area contributed by atoms with Gasteiger partial charge in [-0.05, 0) is 35.9 Å². The van der Waals surface area contributed by atoms with Gasteiger partial charge in [-0.2, -0.15) is 11.8 Å². The number of rotatable bonds is 7. The fraction of sp³-hybridized carbons (Fsp3) is 0.267. The fourth-order valence-corrected chi connectivity index (χ4v) is 2.59. The van der Waals surface area contributed by atoms with Crippen LogP contribution in [0.15, 0.2) is 48.8 Å². The van der Waals surface area contributed by atoms with Crippen molar-refractivity contribution in [3.63, 3.8) is 0 Å². The van der Waals surface area contributed by atoms with Crippen molar-refractivity contribution in [2.24, 2.45) is 0 Å². The first-order valence-electron chi connectivity index (χ1n) is 6.27. The zero-order chi connectivity index (χ0) is 14.2. The second-order valence-electron chi connectivity index (χ2n) is 4.30. The zero-order valence-corrected chi connectivity index (χ0v) is 12.5. The highest BCUT2D eigenvalue weighted by Crippen LogP contribution is 2.16. The summed E-state index contributed by atoms with van der Waals surface area (Å²) in [5.74, 6) is 2.18. The lowest BCUT2D eigenvalue weighted by molar-refractivity contribution is 0.126. The largest absolute Gasteiger partial charge is 0.491 e. The Morgan fingerprint density at radius 1 is 1.25 bits per heavy atom. The van der Waals surface area contributed by atoms with E-state index in [2.05, 4.69) is 4.98 Å². The Balaban J connectivity index is 1.65. The van der Waals surface area contributed by atoms with Gasteiger partial charge in [0.25, 0.3) is 0 Å². The van der Waals surface area contributed by atoms with E-state index in [1.54, 1.807) is 42.2 Å². The molecule has 0 aliphatic heterocycles. The molecule has 1 heterocycles. The normalized spacial score (nSPS) is 12.1. The molecule has 1 aromatic heterocycles. The Kier molecular flexibility index (Phi) is 6.18. The van der Waals surface area contributed by atoms with Gasteiger partial charge in [0.1, 0.15) is 12.4 Å². The molecule has 1 atom stereocenters. The number of nitrogens with zero attached hydrogens (tertiary/aromatic N) is 1. The Morgan fingerprint density at radius 3 is 2.75 bits per heavy atom. The minimum atomic E-state index is -0.493.